The van der Waals surface area contributed by atoms with Crippen molar-refractivity contribution >= 4 is 16.0 Å². The fraction of sp³-hybridized carbons (Fsp3) is 0.938. The lowest BCUT2D eigenvalue weighted by molar-refractivity contribution is -0.467. The Morgan fingerprint density at radius 1 is 0.605 bits per heavy atom. The quantitative estimate of drug-likeness (QED) is 0.110. The average Bonchev–Trinajstić information content (AvgIpc) is 2.79. The molecule has 0 bridgehead atoms. The number of rotatable bonds is 16. The van der Waals surface area contributed by atoms with E-state index in [0.717, 1.165) is 0 Å². The summed E-state index contributed by atoms with van der Waals surface area (Å²) in [4.78, 5) is 11.3. The highest BCUT2D eigenvalue weighted by atomic mass is 32.2. The van der Waals surface area contributed by atoms with Gasteiger partial charge in [-0.3, -0.25) is 9.35 Å². The molecule has 0 aromatic heterocycles. The molecule has 0 fully saturated rings. The molecule has 0 saturated heterocycles. The van der Waals surface area contributed by atoms with Gasteiger partial charge in [0.05, 0.1) is 11.9 Å². The summed E-state index contributed by atoms with van der Waals surface area (Å²) in [6.07, 6.45) is -10.6. The molecule has 4 N–H and O–H groups in total. The SMILES string of the molecule is O=C(NCC(O)CNCCCS(=O)(=O)O)C(F)(F)C(F)(F)C(F)(F)C(F)(F)C(F)(F)C(F)(F)C(F)(F)C(F)(F)C(F)(F)F. The van der Waals surface area contributed by atoms with E-state index in [4.69, 9.17) is 4.55 Å². The smallest absolute Gasteiger partial charge is 0.390 e. The van der Waals surface area contributed by atoms with E-state index in [1.54, 1.807) is 0 Å². The van der Waals surface area contributed by atoms with Crippen molar-refractivity contribution in [3.63, 3.8) is 0 Å². The molecule has 258 valence electrons. The Morgan fingerprint density at radius 2 is 0.953 bits per heavy atom. The average molecular weight is 708 g/mol. The lowest BCUT2D eigenvalue weighted by Crippen LogP contribution is -2.76. The molecule has 1 amide bonds. The van der Waals surface area contributed by atoms with E-state index in [1.165, 1.54) is 0 Å². The van der Waals surface area contributed by atoms with Gasteiger partial charge >= 0.3 is 53.6 Å². The van der Waals surface area contributed by atoms with Crippen LogP contribution in [0.15, 0.2) is 0 Å². The minimum Gasteiger partial charge on any atom is -0.390 e. The molecule has 0 rings (SSSR count). The first-order valence-corrected chi connectivity index (χ1v) is 11.8. The van der Waals surface area contributed by atoms with E-state index in [1.807, 2.05) is 0 Å². The fourth-order valence-electron chi connectivity index (χ4n) is 2.55. The van der Waals surface area contributed by atoms with Crippen molar-refractivity contribution < 1.29 is 106 Å². The van der Waals surface area contributed by atoms with Crippen molar-refractivity contribution in [2.45, 2.75) is 66.1 Å². The first-order valence-electron chi connectivity index (χ1n) is 10.2. The molecule has 0 aliphatic rings. The number of nitrogens with one attached hydrogen (secondary N) is 2. The maximum Gasteiger partial charge on any atom is 0.460 e. The summed E-state index contributed by atoms with van der Waals surface area (Å²) in [7, 11) is -4.47. The van der Waals surface area contributed by atoms with Crippen LogP contribution in [0.5, 0.6) is 0 Å². The fourth-order valence-corrected chi connectivity index (χ4v) is 3.05. The van der Waals surface area contributed by atoms with Crippen LogP contribution < -0.4 is 10.6 Å². The Morgan fingerprint density at radius 3 is 1.30 bits per heavy atom. The van der Waals surface area contributed by atoms with Gasteiger partial charge in [-0.25, -0.2) is 0 Å². The van der Waals surface area contributed by atoms with Gasteiger partial charge in [0.25, 0.3) is 16.0 Å². The van der Waals surface area contributed by atoms with Crippen molar-refractivity contribution in [1.82, 2.24) is 10.6 Å². The third-order valence-electron chi connectivity index (χ3n) is 5.04. The van der Waals surface area contributed by atoms with E-state index in [2.05, 4.69) is 5.32 Å². The van der Waals surface area contributed by atoms with Gasteiger partial charge in [0, 0.05) is 13.1 Å². The van der Waals surface area contributed by atoms with Crippen LogP contribution in [-0.2, 0) is 14.9 Å². The minimum atomic E-state index is -9.12. The molecule has 43 heavy (non-hydrogen) atoms. The van der Waals surface area contributed by atoms with Crippen LogP contribution in [0.25, 0.3) is 0 Å². The number of aliphatic hydroxyl groups is 1. The normalized spacial score (nSPS) is 16.3. The minimum absolute atomic E-state index is 0.394. The molecule has 0 aliphatic carbocycles. The molecule has 0 spiro atoms. The van der Waals surface area contributed by atoms with Crippen LogP contribution >= 0.6 is 0 Å². The maximum atomic E-state index is 13.8. The molecule has 1 atom stereocenters. The van der Waals surface area contributed by atoms with Crippen molar-refractivity contribution in [3.8, 4) is 0 Å². The zero-order chi connectivity index (χ0) is 35.1. The summed E-state index contributed by atoms with van der Waals surface area (Å²) in [5, 5.41) is 12.0. The molecule has 0 aliphatic heterocycles. The van der Waals surface area contributed by atoms with Crippen LogP contribution in [0.3, 0.4) is 0 Å². The number of aliphatic hydroxyl groups excluding tert-OH is 1. The van der Waals surface area contributed by atoms with Gasteiger partial charge in [-0.05, 0) is 13.0 Å². The second kappa shape index (κ2) is 12.1. The van der Waals surface area contributed by atoms with Gasteiger partial charge in [0.2, 0.25) is 0 Å². The molecular weight excluding hydrogens is 693 g/mol. The molecule has 0 heterocycles. The number of hydrogen-bond acceptors (Lipinski definition) is 5. The largest absolute Gasteiger partial charge is 0.460 e. The second-order valence-corrected chi connectivity index (χ2v) is 9.87. The monoisotopic (exact) mass is 708 g/mol. The first kappa shape index (κ1) is 41.0. The van der Waals surface area contributed by atoms with Crippen molar-refractivity contribution in [3.05, 3.63) is 0 Å². The van der Waals surface area contributed by atoms with E-state index in [0.29, 0.717) is 5.32 Å². The van der Waals surface area contributed by atoms with Gasteiger partial charge in [-0.2, -0.15) is 91.8 Å². The topological polar surface area (TPSA) is 116 Å². The molecule has 0 radical (unpaired) electrons. The van der Waals surface area contributed by atoms with Gasteiger partial charge in [0.1, 0.15) is 0 Å². The molecule has 1 unspecified atom stereocenters. The van der Waals surface area contributed by atoms with Gasteiger partial charge < -0.3 is 15.7 Å². The zero-order valence-electron chi connectivity index (χ0n) is 19.8. The van der Waals surface area contributed by atoms with Gasteiger partial charge in [-0.1, -0.05) is 0 Å². The Labute approximate surface area is 225 Å². The summed E-state index contributed by atoms with van der Waals surface area (Å²) in [5.74, 6) is -73.8. The summed E-state index contributed by atoms with van der Waals surface area (Å²) in [5.41, 5.74) is 0. The highest BCUT2D eigenvalue weighted by Crippen LogP contribution is 2.65. The predicted octanol–water partition coefficient (Wildman–Crippen LogP) is 3.98. The number of carbonyl (C=O) groups excluding carboxylic acids is 1. The Balaban J connectivity index is 6.13. The van der Waals surface area contributed by atoms with Crippen molar-refractivity contribution in [2.24, 2.45) is 0 Å². The Kier molecular flexibility index (Phi) is 11.5. The van der Waals surface area contributed by atoms with E-state index < -0.39 is 107 Å². The lowest BCUT2D eigenvalue weighted by Gasteiger charge is -2.43. The van der Waals surface area contributed by atoms with Crippen molar-refractivity contribution in [2.75, 3.05) is 25.4 Å². The molecule has 27 heteroatoms. The van der Waals surface area contributed by atoms with Crippen molar-refractivity contribution in [1.29, 1.82) is 0 Å². The second-order valence-electron chi connectivity index (χ2n) is 8.30. The molecule has 0 saturated carbocycles. The Bertz CT molecular complexity index is 1090. The van der Waals surface area contributed by atoms with Crippen LogP contribution in [0.2, 0.25) is 0 Å². The summed E-state index contributed by atoms with van der Waals surface area (Å²) < 4.78 is 281. The molecule has 0 aromatic carbocycles. The van der Waals surface area contributed by atoms with E-state index in [9.17, 15) is 102 Å². The number of amides is 1. The number of alkyl halides is 19. The van der Waals surface area contributed by atoms with Gasteiger partial charge in [-0.15, -0.1) is 0 Å². The molecule has 0 aromatic rings. The maximum absolute atomic E-state index is 13.8. The molecular formula is C16H15F19N2O5S. The zero-order valence-corrected chi connectivity index (χ0v) is 20.6. The van der Waals surface area contributed by atoms with Gasteiger partial charge in [0.15, 0.2) is 0 Å². The Hall–Kier alpha value is -2.03. The third kappa shape index (κ3) is 7.12. The number of carbonyl (C=O) groups is 1. The standard InChI is InChI=1S/C16H15F19N2O5S/c17-8(18,7(39)37-5-6(38)4-36-2-1-3-43(40,41)42)9(19,20)10(21,22)11(23,24)12(25,26)13(27,28)14(29,30)15(31,32)16(33,34)35/h6,36,38H,1-5H2,(H,37,39)(H,40,41,42). The summed E-state index contributed by atoms with van der Waals surface area (Å²) in [6.45, 7) is -3.02. The van der Waals surface area contributed by atoms with Crippen LogP contribution in [-0.4, -0.2) is 109 Å². The van der Waals surface area contributed by atoms with E-state index in [-0.39, 0.29) is 0 Å². The number of halogens is 19. The number of hydrogen-bond donors (Lipinski definition) is 4. The van der Waals surface area contributed by atoms with Crippen LogP contribution in [0.1, 0.15) is 6.42 Å². The summed E-state index contributed by atoms with van der Waals surface area (Å²) in [6, 6.07) is 0. The lowest BCUT2D eigenvalue weighted by atomic mass is 9.87. The highest BCUT2D eigenvalue weighted by Gasteiger charge is 2.97. The summed E-state index contributed by atoms with van der Waals surface area (Å²) >= 11 is 0. The predicted molar refractivity (Wildman–Crippen MR) is 98.5 cm³/mol. The van der Waals surface area contributed by atoms with Crippen LogP contribution in [0.4, 0.5) is 83.4 Å². The molecule has 7 nitrogen and oxygen atoms in total. The van der Waals surface area contributed by atoms with Crippen LogP contribution in [0, 0.1) is 0 Å². The highest BCUT2D eigenvalue weighted by molar-refractivity contribution is 7.85. The first-order chi connectivity index (χ1) is 18.5. The third-order valence-corrected chi connectivity index (χ3v) is 5.84. The van der Waals surface area contributed by atoms with E-state index >= 15 is 0 Å².